The minimum absolute atomic E-state index is 0.120. The molecule has 0 aliphatic heterocycles. The number of sulfone groups is 1. The molecule has 0 fully saturated rings. The molecule has 3 rings (SSSR count). The van der Waals surface area contributed by atoms with Gasteiger partial charge in [0.25, 0.3) is 0 Å². The van der Waals surface area contributed by atoms with Gasteiger partial charge in [-0.1, -0.05) is 12.1 Å². The average molecular weight is 369 g/mol. The lowest BCUT2D eigenvalue weighted by molar-refractivity contribution is 0.602. The van der Waals surface area contributed by atoms with Crippen LogP contribution >= 0.6 is 15.9 Å². The van der Waals surface area contributed by atoms with Crippen LogP contribution < -0.4 is 0 Å². The SMILES string of the molecule is CS(=O)(=O)c1cccc2[nH]c(-c3c(F)cccc3Br)nc12. The van der Waals surface area contributed by atoms with Crippen LogP contribution in [0.2, 0.25) is 0 Å². The third-order valence-electron chi connectivity index (χ3n) is 3.07. The largest absolute Gasteiger partial charge is 0.338 e. The maximum absolute atomic E-state index is 14.0. The highest BCUT2D eigenvalue weighted by atomic mass is 79.9. The number of hydrogen-bond acceptors (Lipinski definition) is 3. The van der Waals surface area contributed by atoms with Gasteiger partial charge in [0.05, 0.1) is 16.0 Å². The fourth-order valence-electron chi connectivity index (χ4n) is 2.15. The van der Waals surface area contributed by atoms with Crippen LogP contribution in [0.1, 0.15) is 0 Å². The predicted molar refractivity (Wildman–Crippen MR) is 82.3 cm³/mol. The van der Waals surface area contributed by atoms with Crippen LogP contribution in [-0.2, 0) is 9.84 Å². The quantitative estimate of drug-likeness (QED) is 0.752. The molecule has 1 heterocycles. The summed E-state index contributed by atoms with van der Waals surface area (Å²) in [6, 6.07) is 9.41. The minimum Gasteiger partial charge on any atom is -0.338 e. The highest BCUT2D eigenvalue weighted by Gasteiger charge is 2.18. The van der Waals surface area contributed by atoms with Crippen LogP contribution in [-0.4, -0.2) is 24.6 Å². The second-order valence-corrected chi connectivity index (χ2v) is 7.45. The van der Waals surface area contributed by atoms with Gasteiger partial charge in [-0.15, -0.1) is 0 Å². The summed E-state index contributed by atoms with van der Waals surface area (Å²) < 4.78 is 38.1. The normalized spacial score (nSPS) is 12.0. The van der Waals surface area contributed by atoms with Crippen molar-refractivity contribution in [3.8, 4) is 11.4 Å². The van der Waals surface area contributed by atoms with Gasteiger partial charge >= 0.3 is 0 Å². The van der Waals surface area contributed by atoms with Gasteiger partial charge in [-0.3, -0.25) is 0 Å². The number of hydrogen-bond donors (Lipinski definition) is 1. The molecule has 0 amide bonds. The van der Waals surface area contributed by atoms with E-state index in [0.29, 0.717) is 15.5 Å². The predicted octanol–water partition coefficient (Wildman–Crippen LogP) is 3.54. The van der Waals surface area contributed by atoms with Gasteiger partial charge in [0.1, 0.15) is 17.2 Å². The summed E-state index contributed by atoms with van der Waals surface area (Å²) in [5, 5.41) is 0. The number of aromatic amines is 1. The van der Waals surface area contributed by atoms with E-state index in [1.807, 2.05) is 0 Å². The summed E-state index contributed by atoms with van der Waals surface area (Å²) >= 11 is 3.28. The molecule has 2 aromatic carbocycles. The Labute approximate surface area is 129 Å². The van der Waals surface area contributed by atoms with Crippen LogP contribution in [0.5, 0.6) is 0 Å². The number of rotatable bonds is 2. The molecule has 0 aliphatic rings. The number of fused-ring (bicyclic) bond motifs is 1. The van der Waals surface area contributed by atoms with Gasteiger partial charge in [0.2, 0.25) is 0 Å². The Bertz CT molecular complexity index is 931. The monoisotopic (exact) mass is 368 g/mol. The topological polar surface area (TPSA) is 62.8 Å². The lowest BCUT2D eigenvalue weighted by Crippen LogP contribution is -1.97. The van der Waals surface area contributed by atoms with E-state index >= 15 is 0 Å². The molecule has 0 unspecified atom stereocenters. The van der Waals surface area contributed by atoms with Gasteiger partial charge in [-0.2, -0.15) is 0 Å². The summed E-state index contributed by atoms with van der Waals surface area (Å²) in [5.74, 6) is -0.157. The van der Waals surface area contributed by atoms with Crippen LogP contribution in [0.4, 0.5) is 4.39 Å². The van der Waals surface area contributed by atoms with Crippen molar-refractivity contribution >= 4 is 36.8 Å². The Morgan fingerprint density at radius 2 is 1.90 bits per heavy atom. The Morgan fingerprint density at radius 3 is 2.57 bits per heavy atom. The molecule has 7 heteroatoms. The zero-order valence-corrected chi connectivity index (χ0v) is 13.3. The van der Waals surface area contributed by atoms with Crippen molar-refractivity contribution < 1.29 is 12.8 Å². The van der Waals surface area contributed by atoms with Crippen LogP contribution in [0, 0.1) is 5.82 Å². The highest BCUT2D eigenvalue weighted by Crippen LogP contribution is 2.31. The summed E-state index contributed by atoms with van der Waals surface area (Å²) in [6.07, 6.45) is 1.12. The van der Waals surface area contributed by atoms with Crippen molar-refractivity contribution in [2.75, 3.05) is 6.26 Å². The number of imidazole rings is 1. The van der Waals surface area contributed by atoms with Crippen molar-refractivity contribution in [3.05, 3.63) is 46.7 Å². The number of nitrogens with zero attached hydrogens (tertiary/aromatic N) is 1. The molecule has 0 radical (unpaired) electrons. The average Bonchev–Trinajstić information content (AvgIpc) is 2.80. The molecule has 21 heavy (non-hydrogen) atoms. The molecule has 0 bridgehead atoms. The first kappa shape index (κ1) is 14.2. The molecular weight excluding hydrogens is 359 g/mol. The van der Waals surface area contributed by atoms with E-state index in [0.717, 1.165) is 6.26 Å². The summed E-state index contributed by atoms with van der Waals surface area (Å²) in [6.45, 7) is 0. The number of H-pyrrole nitrogens is 1. The van der Waals surface area contributed by atoms with Gasteiger partial charge in [-0.05, 0) is 40.2 Å². The third-order valence-corrected chi connectivity index (χ3v) is 4.86. The fourth-order valence-corrected chi connectivity index (χ4v) is 3.51. The third kappa shape index (κ3) is 2.47. The van der Waals surface area contributed by atoms with Crippen molar-refractivity contribution in [3.63, 3.8) is 0 Å². The number of halogens is 2. The maximum atomic E-state index is 14.0. The van der Waals surface area contributed by atoms with E-state index in [1.54, 1.807) is 24.3 Å². The number of benzene rings is 2. The minimum atomic E-state index is -3.41. The van der Waals surface area contributed by atoms with Crippen LogP contribution in [0.15, 0.2) is 45.8 Å². The van der Waals surface area contributed by atoms with E-state index in [-0.39, 0.29) is 16.3 Å². The zero-order valence-electron chi connectivity index (χ0n) is 10.9. The van der Waals surface area contributed by atoms with E-state index in [4.69, 9.17) is 0 Å². The molecule has 0 saturated carbocycles. The van der Waals surface area contributed by atoms with Crippen LogP contribution in [0.25, 0.3) is 22.4 Å². The Balaban J connectivity index is 2.33. The molecule has 108 valence electrons. The first-order valence-corrected chi connectivity index (χ1v) is 8.69. The summed E-state index contributed by atoms with van der Waals surface area (Å²) in [5.41, 5.74) is 1.13. The van der Waals surface area contributed by atoms with E-state index < -0.39 is 15.7 Å². The van der Waals surface area contributed by atoms with Gasteiger partial charge < -0.3 is 4.98 Å². The molecule has 1 N–H and O–H groups in total. The Hall–Kier alpha value is -1.73. The molecule has 3 aromatic rings. The molecule has 4 nitrogen and oxygen atoms in total. The Morgan fingerprint density at radius 1 is 1.19 bits per heavy atom. The molecule has 0 saturated heterocycles. The lowest BCUT2D eigenvalue weighted by atomic mass is 10.2. The number of para-hydroxylation sites is 1. The van der Waals surface area contributed by atoms with E-state index in [2.05, 4.69) is 25.9 Å². The number of aromatic nitrogens is 2. The molecular formula is C14H10BrFN2O2S. The first-order chi connectivity index (χ1) is 9.88. The number of nitrogens with one attached hydrogen (secondary N) is 1. The zero-order chi connectivity index (χ0) is 15.2. The van der Waals surface area contributed by atoms with Crippen molar-refractivity contribution in [1.82, 2.24) is 9.97 Å². The molecule has 0 spiro atoms. The van der Waals surface area contributed by atoms with Crippen molar-refractivity contribution in [1.29, 1.82) is 0 Å². The molecule has 0 atom stereocenters. The second kappa shape index (κ2) is 4.92. The summed E-state index contributed by atoms with van der Waals surface area (Å²) in [4.78, 5) is 7.35. The van der Waals surface area contributed by atoms with E-state index in [1.165, 1.54) is 12.1 Å². The highest BCUT2D eigenvalue weighted by molar-refractivity contribution is 9.10. The van der Waals surface area contributed by atoms with Crippen molar-refractivity contribution in [2.24, 2.45) is 0 Å². The standard InChI is InChI=1S/C14H10BrFN2O2S/c1-21(19,20)11-7-3-6-10-13(11)18-14(17-10)12-8(15)4-2-5-9(12)16/h2-7H,1H3,(H,17,18). The first-order valence-electron chi connectivity index (χ1n) is 6.01. The molecule has 1 aromatic heterocycles. The molecule has 0 aliphatic carbocycles. The van der Waals surface area contributed by atoms with Gasteiger partial charge in [-0.25, -0.2) is 17.8 Å². The fraction of sp³-hybridized carbons (Fsp3) is 0.0714. The Kier molecular flexibility index (Phi) is 3.33. The smallest absolute Gasteiger partial charge is 0.177 e. The maximum Gasteiger partial charge on any atom is 0.177 e. The second-order valence-electron chi connectivity index (χ2n) is 4.61. The van der Waals surface area contributed by atoms with Crippen molar-refractivity contribution in [2.45, 2.75) is 4.90 Å². The lowest BCUT2D eigenvalue weighted by Gasteiger charge is -2.01. The summed E-state index contributed by atoms with van der Waals surface area (Å²) in [7, 11) is -3.41. The van der Waals surface area contributed by atoms with Crippen LogP contribution in [0.3, 0.4) is 0 Å². The van der Waals surface area contributed by atoms with E-state index in [9.17, 15) is 12.8 Å². The van der Waals surface area contributed by atoms with Gasteiger partial charge in [0, 0.05) is 10.7 Å². The van der Waals surface area contributed by atoms with Gasteiger partial charge in [0.15, 0.2) is 9.84 Å².